The van der Waals surface area contributed by atoms with Gasteiger partial charge in [0.05, 0.1) is 5.02 Å². The summed E-state index contributed by atoms with van der Waals surface area (Å²) >= 11 is 10.7. The summed E-state index contributed by atoms with van der Waals surface area (Å²) < 4.78 is 14.3. The van der Waals surface area contributed by atoms with Crippen molar-refractivity contribution in [3.8, 4) is 0 Å². The predicted molar refractivity (Wildman–Crippen MR) is 73.6 cm³/mol. The molecule has 1 unspecified atom stereocenters. The van der Waals surface area contributed by atoms with Crippen LogP contribution in [0.25, 0.3) is 0 Å². The zero-order valence-electron chi connectivity index (χ0n) is 9.14. The molecule has 1 nitrogen and oxygen atoms in total. The maximum atomic E-state index is 13.8. The van der Waals surface area contributed by atoms with Gasteiger partial charge in [-0.1, -0.05) is 31.5 Å². The maximum absolute atomic E-state index is 13.8. The number of benzene rings is 1. The number of thioether (sulfide) groups is 1. The maximum Gasteiger partial charge on any atom is 0.147 e. The van der Waals surface area contributed by atoms with E-state index in [9.17, 15) is 4.39 Å². The third-order valence-corrected chi connectivity index (χ3v) is 4.55. The predicted octanol–water partition coefficient (Wildman–Crippen LogP) is 4.38. The second-order valence-corrected chi connectivity index (χ2v) is 6.59. The minimum absolute atomic E-state index is 0.0995. The van der Waals surface area contributed by atoms with Gasteiger partial charge in [0.1, 0.15) is 5.82 Å². The molecule has 1 atom stereocenters. The molecule has 0 aliphatic rings. The van der Waals surface area contributed by atoms with Crippen molar-refractivity contribution < 1.29 is 4.39 Å². The van der Waals surface area contributed by atoms with E-state index < -0.39 is 5.82 Å². The average Bonchev–Trinajstić information content (AvgIpc) is 2.23. The highest BCUT2D eigenvalue weighted by Gasteiger charge is 2.16. The molecule has 0 aliphatic heterocycles. The molecule has 5 heteroatoms. The van der Waals surface area contributed by atoms with Crippen LogP contribution in [-0.4, -0.2) is 11.0 Å². The minimum Gasteiger partial charge on any atom is -0.323 e. The largest absolute Gasteiger partial charge is 0.323 e. The molecular formula is C11H14BrClFNS. The van der Waals surface area contributed by atoms with Crippen LogP contribution in [0.5, 0.6) is 0 Å². The van der Waals surface area contributed by atoms with Gasteiger partial charge in [0, 0.05) is 21.8 Å². The van der Waals surface area contributed by atoms with Gasteiger partial charge in [0.2, 0.25) is 0 Å². The number of nitrogens with two attached hydrogens (primary N) is 1. The van der Waals surface area contributed by atoms with Gasteiger partial charge in [-0.15, -0.1) is 0 Å². The van der Waals surface area contributed by atoms with Crippen LogP contribution in [0.2, 0.25) is 5.02 Å². The van der Waals surface area contributed by atoms with E-state index in [0.717, 1.165) is 0 Å². The lowest BCUT2D eigenvalue weighted by molar-refractivity contribution is 0.595. The number of hydrogen-bond acceptors (Lipinski definition) is 2. The monoisotopic (exact) mass is 325 g/mol. The minimum atomic E-state index is -0.423. The molecular weight excluding hydrogens is 313 g/mol. The standard InChI is InChI=1S/C11H14BrClFNS/c1-6(2)16-5-9(15)7-3-4-8(12)10(13)11(7)14/h3-4,6,9H,5,15H2,1-2H3. The Hall–Kier alpha value is 0.230. The first-order valence-electron chi connectivity index (χ1n) is 4.94. The number of rotatable bonds is 4. The van der Waals surface area contributed by atoms with Gasteiger partial charge >= 0.3 is 0 Å². The Balaban J connectivity index is 2.84. The van der Waals surface area contributed by atoms with E-state index in [4.69, 9.17) is 17.3 Å². The number of hydrogen-bond donors (Lipinski definition) is 1. The van der Waals surface area contributed by atoms with Crippen molar-refractivity contribution >= 4 is 39.3 Å². The van der Waals surface area contributed by atoms with E-state index in [-0.39, 0.29) is 11.1 Å². The average molecular weight is 327 g/mol. The summed E-state index contributed by atoms with van der Waals surface area (Å²) in [5.41, 5.74) is 6.40. The lowest BCUT2D eigenvalue weighted by Crippen LogP contribution is -2.16. The van der Waals surface area contributed by atoms with Crippen molar-refractivity contribution in [3.05, 3.63) is 33.0 Å². The van der Waals surface area contributed by atoms with E-state index in [1.807, 2.05) is 0 Å². The first kappa shape index (κ1) is 14.3. The molecule has 0 amide bonds. The summed E-state index contributed by atoms with van der Waals surface area (Å²) in [6.45, 7) is 4.17. The summed E-state index contributed by atoms with van der Waals surface area (Å²) in [5, 5.41) is 0.586. The van der Waals surface area contributed by atoms with Crippen molar-refractivity contribution in [2.45, 2.75) is 25.1 Å². The zero-order valence-corrected chi connectivity index (χ0v) is 12.3. The van der Waals surface area contributed by atoms with Crippen LogP contribution in [0.1, 0.15) is 25.5 Å². The highest BCUT2D eigenvalue weighted by atomic mass is 79.9. The molecule has 1 aromatic rings. The first-order valence-corrected chi connectivity index (χ1v) is 7.16. The zero-order chi connectivity index (χ0) is 12.3. The van der Waals surface area contributed by atoms with E-state index in [2.05, 4.69) is 29.8 Å². The number of halogens is 3. The first-order chi connectivity index (χ1) is 7.43. The van der Waals surface area contributed by atoms with Crippen LogP contribution in [0.3, 0.4) is 0 Å². The van der Waals surface area contributed by atoms with Crippen LogP contribution in [0.15, 0.2) is 16.6 Å². The summed E-state index contributed by atoms with van der Waals surface area (Å²) in [6, 6.07) is 3.08. The molecule has 1 rings (SSSR count). The molecule has 0 fully saturated rings. The Bertz CT molecular complexity index is 373. The second-order valence-electron chi connectivity index (χ2n) is 3.75. The second kappa shape index (κ2) is 6.24. The topological polar surface area (TPSA) is 26.0 Å². The van der Waals surface area contributed by atoms with E-state index in [0.29, 0.717) is 21.0 Å². The summed E-state index contributed by atoms with van der Waals surface area (Å²) in [5.74, 6) is 0.264. The summed E-state index contributed by atoms with van der Waals surface area (Å²) in [4.78, 5) is 0. The Labute approximate surface area is 113 Å². The normalized spacial score (nSPS) is 13.2. The molecule has 0 spiro atoms. The van der Waals surface area contributed by atoms with Crippen molar-refractivity contribution in [3.63, 3.8) is 0 Å². The van der Waals surface area contributed by atoms with Crippen molar-refractivity contribution in [2.24, 2.45) is 5.73 Å². The Morgan fingerprint density at radius 2 is 2.12 bits per heavy atom. The fourth-order valence-electron chi connectivity index (χ4n) is 1.21. The van der Waals surface area contributed by atoms with Crippen molar-refractivity contribution in [1.82, 2.24) is 0 Å². The van der Waals surface area contributed by atoms with Gasteiger partial charge in [-0.25, -0.2) is 4.39 Å². The molecule has 2 N–H and O–H groups in total. The van der Waals surface area contributed by atoms with Crippen LogP contribution in [0.4, 0.5) is 4.39 Å². The van der Waals surface area contributed by atoms with Gasteiger partial charge in [-0.3, -0.25) is 0 Å². The molecule has 0 heterocycles. The molecule has 90 valence electrons. The SMILES string of the molecule is CC(C)SCC(N)c1ccc(Br)c(Cl)c1F. The van der Waals surface area contributed by atoms with E-state index in [1.54, 1.807) is 23.9 Å². The molecule has 0 bridgehead atoms. The Kier molecular flexibility index (Phi) is 5.57. The molecule has 16 heavy (non-hydrogen) atoms. The van der Waals surface area contributed by atoms with Gasteiger partial charge in [0.25, 0.3) is 0 Å². The lowest BCUT2D eigenvalue weighted by Gasteiger charge is -2.15. The highest BCUT2D eigenvalue weighted by Crippen LogP contribution is 2.31. The molecule has 0 saturated carbocycles. The highest BCUT2D eigenvalue weighted by molar-refractivity contribution is 9.10. The fraction of sp³-hybridized carbons (Fsp3) is 0.455. The molecule has 0 radical (unpaired) electrons. The van der Waals surface area contributed by atoms with Crippen LogP contribution in [0, 0.1) is 5.82 Å². The molecule has 0 aromatic heterocycles. The van der Waals surface area contributed by atoms with Gasteiger partial charge < -0.3 is 5.73 Å². The molecule has 0 aliphatic carbocycles. The quantitative estimate of drug-likeness (QED) is 0.831. The van der Waals surface area contributed by atoms with Crippen LogP contribution >= 0.6 is 39.3 Å². The van der Waals surface area contributed by atoms with E-state index in [1.165, 1.54) is 0 Å². The third kappa shape index (κ3) is 3.62. The van der Waals surface area contributed by atoms with Crippen LogP contribution < -0.4 is 5.73 Å². The smallest absolute Gasteiger partial charge is 0.147 e. The van der Waals surface area contributed by atoms with Gasteiger partial charge in [-0.05, 0) is 27.2 Å². The van der Waals surface area contributed by atoms with Crippen molar-refractivity contribution in [2.75, 3.05) is 5.75 Å². The summed E-state index contributed by atoms with van der Waals surface area (Å²) in [7, 11) is 0. The lowest BCUT2D eigenvalue weighted by atomic mass is 10.1. The third-order valence-electron chi connectivity index (χ3n) is 2.07. The van der Waals surface area contributed by atoms with Crippen molar-refractivity contribution in [1.29, 1.82) is 0 Å². The Morgan fingerprint density at radius 1 is 1.50 bits per heavy atom. The summed E-state index contributed by atoms with van der Waals surface area (Å²) in [6.07, 6.45) is 0. The molecule has 1 aromatic carbocycles. The van der Waals surface area contributed by atoms with Crippen LogP contribution in [-0.2, 0) is 0 Å². The molecule has 0 saturated heterocycles. The van der Waals surface area contributed by atoms with E-state index >= 15 is 0 Å². The Morgan fingerprint density at radius 3 is 2.69 bits per heavy atom. The van der Waals surface area contributed by atoms with Gasteiger partial charge in [-0.2, -0.15) is 11.8 Å². The fourth-order valence-corrected chi connectivity index (χ4v) is 2.46. The van der Waals surface area contributed by atoms with Gasteiger partial charge in [0.15, 0.2) is 0 Å².